The van der Waals surface area contributed by atoms with Crippen LogP contribution in [-0.2, 0) is 27.9 Å². The second-order valence-electron chi connectivity index (χ2n) is 6.63. The van der Waals surface area contributed by atoms with E-state index in [-0.39, 0.29) is 19.0 Å². The SMILES string of the molecule is CC(C)(C)OC(=O)NCC/C=C/S(=O)c1cc(C(F)(F)F)cc(C(F)(F)F)c1. The van der Waals surface area contributed by atoms with E-state index in [1.54, 1.807) is 20.8 Å². The van der Waals surface area contributed by atoms with Crippen LogP contribution in [0, 0.1) is 0 Å². The van der Waals surface area contributed by atoms with Gasteiger partial charge in [0.05, 0.1) is 21.9 Å². The molecule has 4 nitrogen and oxygen atoms in total. The minimum absolute atomic E-state index is 0.0326. The number of ether oxygens (including phenoxy) is 1. The number of alkyl halides is 6. The van der Waals surface area contributed by atoms with Crippen molar-refractivity contribution in [3.8, 4) is 0 Å². The van der Waals surface area contributed by atoms with E-state index in [1.807, 2.05) is 0 Å². The first-order valence-electron chi connectivity index (χ1n) is 7.93. The molecule has 0 bridgehead atoms. The van der Waals surface area contributed by atoms with Gasteiger partial charge in [-0.3, -0.25) is 0 Å². The molecule has 0 saturated heterocycles. The highest BCUT2D eigenvalue weighted by atomic mass is 32.2. The third-order valence-electron chi connectivity index (χ3n) is 2.99. The predicted octanol–water partition coefficient (Wildman–Crippen LogP) is 5.26. The number of benzene rings is 1. The van der Waals surface area contributed by atoms with Crippen LogP contribution in [0.1, 0.15) is 38.3 Å². The van der Waals surface area contributed by atoms with Crippen LogP contribution in [0.2, 0.25) is 0 Å². The molecule has 0 fully saturated rings. The van der Waals surface area contributed by atoms with Gasteiger partial charge in [0.25, 0.3) is 0 Å². The van der Waals surface area contributed by atoms with Gasteiger partial charge in [-0.05, 0) is 45.4 Å². The van der Waals surface area contributed by atoms with Crippen LogP contribution < -0.4 is 5.32 Å². The van der Waals surface area contributed by atoms with Crippen molar-refractivity contribution in [2.24, 2.45) is 0 Å². The molecular formula is C17H19F6NO3S. The van der Waals surface area contributed by atoms with Crippen molar-refractivity contribution in [3.05, 3.63) is 40.8 Å². The third-order valence-corrected chi connectivity index (χ3v) is 4.13. The molecule has 1 unspecified atom stereocenters. The second kappa shape index (κ2) is 8.97. The van der Waals surface area contributed by atoms with Crippen LogP contribution in [-0.4, -0.2) is 22.4 Å². The van der Waals surface area contributed by atoms with E-state index in [0.29, 0.717) is 12.1 Å². The molecule has 1 N–H and O–H groups in total. The molecule has 11 heteroatoms. The van der Waals surface area contributed by atoms with Gasteiger partial charge >= 0.3 is 18.4 Å². The molecule has 1 aromatic carbocycles. The van der Waals surface area contributed by atoms with Crippen molar-refractivity contribution >= 4 is 16.9 Å². The molecule has 0 aromatic heterocycles. The van der Waals surface area contributed by atoms with Crippen LogP contribution >= 0.6 is 0 Å². The van der Waals surface area contributed by atoms with Gasteiger partial charge in [0, 0.05) is 16.8 Å². The van der Waals surface area contributed by atoms with E-state index in [4.69, 9.17) is 4.74 Å². The van der Waals surface area contributed by atoms with Crippen molar-refractivity contribution in [2.45, 2.75) is 50.0 Å². The lowest BCUT2D eigenvalue weighted by Gasteiger charge is -2.19. The first-order chi connectivity index (χ1) is 12.6. The summed E-state index contributed by atoms with van der Waals surface area (Å²) in [6, 6.07) is 0.790. The molecule has 0 aliphatic heterocycles. The molecule has 0 saturated carbocycles. The Morgan fingerprint density at radius 1 is 1.04 bits per heavy atom. The van der Waals surface area contributed by atoms with E-state index in [9.17, 15) is 35.3 Å². The Kier molecular flexibility index (Phi) is 7.69. The fourth-order valence-electron chi connectivity index (χ4n) is 1.85. The molecule has 28 heavy (non-hydrogen) atoms. The quantitative estimate of drug-likeness (QED) is 0.511. The number of rotatable bonds is 5. The van der Waals surface area contributed by atoms with Crippen molar-refractivity contribution < 1.29 is 40.1 Å². The summed E-state index contributed by atoms with van der Waals surface area (Å²) in [7, 11) is -2.23. The average Bonchev–Trinajstić information content (AvgIpc) is 2.50. The summed E-state index contributed by atoms with van der Waals surface area (Å²) in [6.45, 7) is 5.08. The van der Waals surface area contributed by atoms with Crippen molar-refractivity contribution in [1.82, 2.24) is 5.32 Å². The molecule has 0 spiro atoms. The standard InChI is InChI=1S/C17H19F6NO3S/c1-15(2,3)27-14(25)24-6-4-5-7-28(26)13-9-11(16(18,19)20)8-12(10-13)17(21,22)23/h5,7-10H,4,6H2,1-3H3,(H,24,25)/b7-5+. The zero-order valence-electron chi connectivity index (χ0n) is 15.2. The number of halogens is 6. The average molecular weight is 431 g/mol. The van der Waals surface area contributed by atoms with Gasteiger partial charge in [-0.15, -0.1) is 0 Å². The predicted molar refractivity (Wildman–Crippen MR) is 90.8 cm³/mol. The smallest absolute Gasteiger partial charge is 0.416 e. The minimum Gasteiger partial charge on any atom is -0.444 e. The molecule has 0 aliphatic rings. The van der Waals surface area contributed by atoms with Crippen molar-refractivity contribution in [3.63, 3.8) is 0 Å². The highest BCUT2D eigenvalue weighted by molar-refractivity contribution is 7.88. The molecule has 0 aliphatic carbocycles. The maximum atomic E-state index is 12.8. The zero-order valence-corrected chi connectivity index (χ0v) is 16.0. The van der Waals surface area contributed by atoms with Gasteiger partial charge < -0.3 is 10.1 Å². The van der Waals surface area contributed by atoms with Gasteiger partial charge in [-0.25, -0.2) is 9.00 Å². The monoisotopic (exact) mass is 431 g/mol. The molecule has 0 radical (unpaired) electrons. The van der Waals surface area contributed by atoms with E-state index >= 15 is 0 Å². The fourth-order valence-corrected chi connectivity index (χ4v) is 2.80. The van der Waals surface area contributed by atoms with Crippen LogP contribution in [0.15, 0.2) is 34.6 Å². The lowest BCUT2D eigenvalue weighted by Crippen LogP contribution is -2.32. The summed E-state index contributed by atoms with van der Waals surface area (Å²) in [5, 5.41) is 3.37. The number of carbonyl (C=O) groups is 1. The number of nitrogens with one attached hydrogen (secondary N) is 1. The number of amides is 1. The lowest BCUT2D eigenvalue weighted by atomic mass is 10.1. The Morgan fingerprint density at radius 2 is 1.54 bits per heavy atom. The Hall–Kier alpha value is -2.04. The molecule has 1 aromatic rings. The van der Waals surface area contributed by atoms with Crippen LogP contribution in [0.5, 0.6) is 0 Å². The Morgan fingerprint density at radius 3 is 1.96 bits per heavy atom. The molecule has 158 valence electrons. The van der Waals surface area contributed by atoms with Gasteiger partial charge in [0.2, 0.25) is 0 Å². The highest BCUT2D eigenvalue weighted by Crippen LogP contribution is 2.37. The number of alkyl carbamates (subject to hydrolysis) is 1. The molecular weight excluding hydrogens is 412 g/mol. The zero-order chi connectivity index (χ0) is 21.8. The lowest BCUT2D eigenvalue weighted by molar-refractivity contribution is -0.143. The second-order valence-corrected chi connectivity index (χ2v) is 7.97. The summed E-state index contributed by atoms with van der Waals surface area (Å²) in [5.41, 5.74) is -3.77. The Labute approximate surface area is 160 Å². The Bertz CT molecular complexity index is 718. The van der Waals surface area contributed by atoms with E-state index in [0.717, 1.165) is 5.41 Å². The Balaban J connectivity index is 2.81. The van der Waals surface area contributed by atoms with E-state index in [2.05, 4.69) is 5.32 Å². The van der Waals surface area contributed by atoms with E-state index in [1.165, 1.54) is 6.08 Å². The third kappa shape index (κ3) is 8.32. The van der Waals surface area contributed by atoms with Gasteiger partial charge in [0.1, 0.15) is 5.60 Å². The van der Waals surface area contributed by atoms with Gasteiger partial charge in [0.15, 0.2) is 0 Å². The fraction of sp³-hybridized carbons (Fsp3) is 0.471. The minimum atomic E-state index is -5.01. The summed E-state index contributed by atoms with van der Waals surface area (Å²) >= 11 is 0. The molecule has 1 atom stereocenters. The summed E-state index contributed by atoms with van der Waals surface area (Å²) in [4.78, 5) is 10.8. The normalized spacial score (nSPS) is 14.2. The summed E-state index contributed by atoms with van der Waals surface area (Å²) < 4.78 is 93.9. The first-order valence-corrected chi connectivity index (χ1v) is 9.14. The first kappa shape index (κ1) is 24.0. The van der Waals surface area contributed by atoms with E-state index < -0.39 is 50.9 Å². The summed E-state index contributed by atoms with van der Waals surface area (Å²) in [6.07, 6.45) is -9.28. The topological polar surface area (TPSA) is 55.4 Å². The largest absolute Gasteiger partial charge is 0.444 e. The number of carbonyl (C=O) groups excluding carboxylic acids is 1. The van der Waals surface area contributed by atoms with Gasteiger partial charge in [-0.2, -0.15) is 26.3 Å². The maximum absolute atomic E-state index is 12.8. The van der Waals surface area contributed by atoms with Crippen molar-refractivity contribution in [2.75, 3.05) is 6.54 Å². The van der Waals surface area contributed by atoms with Crippen LogP contribution in [0.4, 0.5) is 31.1 Å². The van der Waals surface area contributed by atoms with Gasteiger partial charge in [-0.1, -0.05) is 6.08 Å². The summed E-state index contributed by atoms with van der Waals surface area (Å²) in [5.74, 6) is 0. The maximum Gasteiger partial charge on any atom is 0.416 e. The molecule has 0 heterocycles. The van der Waals surface area contributed by atoms with Crippen molar-refractivity contribution in [1.29, 1.82) is 0 Å². The number of hydrogen-bond donors (Lipinski definition) is 1. The van der Waals surface area contributed by atoms with Crippen LogP contribution in [0.3, 0.4) is 0 Å². The number of hydrogen-bond acceptors (Lipinski definition) is 3. The molecule has 1 amide bonds. The molecule has 1 rings (SSSR count). The highest BCUT2D eigenvalue weighted by Gasteiger charge is 2.37. The van der Waals surface area contributed by atoms with Crippen LogP contribution in [0.25, 0.3) is 0 Å².